The summed E-state index contributed by atoms with van der Waals surface area (Å²) in [7, 11) is 1.72. The minimum Gasteiger partial charge on any atom is -0.497 e. The van der Waals surface area contributed by atoms with Crippen LogP contribution in [0.5, 0.6) is 5.75 Å². The third kappa shape index (κ3) is 2.20. The minimum atomic E-state index is 0.296. The van der Waals surface area contributed by atoms with Crippen LogP contribution in [-0.4, -0.2) is 23.4 Å². The Morgan fingerprint density at radius 1 is 1.40 bits per heavy atom. The molecule has 1 aliphatic rings. The summed E-state index contributed by atoms with van der Waals surface area (Å²) in [6, 6.07) is 9.06. The molecular weight excluding hydrogens is 250 g/mol. The lowest BCUT2D eigenvalue weighted by molar-refractivity contribution is 0.357. The highest BCUT2D eigenvalue weighted by Crippen LogP contribution is 2.40. The highest BCUT2D eigenvalue weighted by molar-refractivity contribution is 5.42. The predicted octanol–water partition coefficient (Wildman–Crippen LogP) is 2.65. The van der Waals surface area contributed by atoms with Gasteiger partial charge in [0.1, 0.15) is 5.75 Å². The summed E-state index contributed by atoms with van der Waals surface area (Å²) in [5.41, 5.74) is 3.79. The summed E-state index contributed by atoms with van der Waals surface area (Å²) in [5, 5.41) is 8.19. The van der Waals surface area contributed by atoms with Crippen LogP contribution in [0.3, 0.4) is 0 Å². The van der Waals surface area contributed by atoms with Gasteiger partial charge >= 0.3 is 0 Å². The number of aryl methyl sites for hydroxylation is 1. The fraction of sp³-hybridized carbons (Fsp3) is 0.438. The number of methoxy groups -OCH3 is 1. The van der Waals surface area contributed by atoms with E-state index in [-0.39, 0.29) is 0 Å². The number of aromatic nitrogens is 2. The Hall–Kier alpha value is -1.81. The van der Waals surface area contributed by atoms with E-state index >= 15 is 0 Å². The summed E-state index contributed by atoms with van der Waals surface area (Å²) < 4.78 is 7.45. The number of ether oxygens (including phenoxy) is 1. The second-order valence-electron chi connectivity index (χ2n) is 5.31. The van der Waals surface area contributed by atoms with E-state index in [0.717, 1.165) is 24.4 Å². The Balaban J connectivity index is 1.98. The molecule has 20 heavy (non-hydrogen) atoms. The van der Waals surface area contributed by atoms with Gasteiger partial charge in [-0.05, 0) is 49.2 Å². The van der Waals surface area contributed by atoms with E-state index in [4.69, 9.17) is 4.74 Å². The molecule has 1 aliphatic carbocycles. The van der Waals surface area contributed by atoms with Gasteiger partial charge in [-0.25, -0.2) is 0 Å². The Bertz CT molecular complexity index is 606. The van der Waals surface area contributed by atoms with Crippen molar-refractivity contribution < 1.29 is 4.74 Å². The van der Waals surface area contributed by atoms with Crippen molar-refractivity contribution in [1.82, 2.24) is 15.1 Å². The van der Waals surface area contributed by atoms with Gasteiger partial charge in [0.05, 0.1) is 24.9 Å². The van der Waals surface area contributed by atoms with E-state index in [0.29, 0.717) is 12.1 Å². The highest BCUT2D eigenvalue weighted by Gasteiger charge is 2.33. The average Bonchev–Trinajstić information content (AvgIpc) is 3.03. The van der Waals surface area contributed by atoms with Gasteiger partial charge in [-0.2, -0.15) is 5.10 Å². The summed E-state index contributed by atoms with van der Waals surface area (Å²) in [4.78, 5) is 0. The molecule has 0 saturated carbocycles. The maximum atomic E-state index is 5.36. The van der Waals surface area contributed by atoms with Gasteiger partial charge in [-0.15, -0.1) is 0 Å². The molecule has 4 heteroatoms. The Morgan fingerprint density at radius 2 is 2.25 bits per heavy atom. The lowest BCUT2D eigenvalue weighted by Crippen LogP contribution is -2.27. The number of nitrogens with one attached hydrogen (secondary N) is 1. The molecule has 0 amide bonds. The molecular formula is C16H21N3O. The first kappa shape index (κ1) is 13.2. The lowest BCUT2D eigenvalue weighted by atomic mass is 10.1. The van der Waals surface area contributed by atoms with Gasteiger partial charge in [0.25, 0.3) is 0 Å². The summed E-state index contributed by atoms with van der Waals surface area (Å²) >= 11 is 0. The molecule has 1 aromatic carbocycles. The molecule has 1 N–H and O–H groups in total. The monoisotopic (exact) mass is 271 g/mol. The third-order valence-electron chi connectivity index (χ3n) is 4.01. The average molecular weight is 271 g/mol. The van der Waals surface area contributed by atoms with Gasteiger partial charge < -0.3 is 10.1 Å². The number of benzene rings is 1. The van der Waals surface area contributed by atoms with Gasteiger partial charge in [-0.1, -0.05) is 13.0 Å². The Kier molecular flexibility index (Phi) is 3.49. The highest BCUT2D eigenvalue weighted by atomic mass is 16.5. The molecule has 106 valence electrons. The number of hydrogen-bond donors (Lipinski definition) is 1. The summed E-state index contributed by atoms with van der Waals surface area (Å²) in [6.45, 7) is 5.12. The van der Waals surface area contributed by atoms with Crippen molar-refractivity contribution >= 4 is 0 Å². The summed E-state index contributed by atoms with van der Waals surface area (Å²) in [5.74, 6) is 0.920. The van der Waals surface area contributed by atoms with Crippen molar-refractivity contribution in [3.8, 4) is 5.75 Å². The second kappa shape index (κ2) is 5.29. The standard InChI is InChI=1S/C16H21N3O/c1-4-17-16-14-10-13(20-3)6-5-12(14)9-15(16)19-8-7-11(2)18-19/h5-8,10,15-17H,4,9H2,1-3H3. The second-order valence-corrected chi connectivity index (χ2v) is 5.31. The number of hydrogen-bond acceptors (Lipinski definition) is 3. The lowest BCUT2D eigenvalue weighted by Gasteiger charge is -2.22. The molecule has 1 aromatic heterocycles. The predicted molar refractivity (Wildman–Crippen MR) is 79.1 cm³/mol. The molecule has 0 saturated heterocycles. The molecule has 2 atom stereocenters. The van der Waals surface area contributed by atoms with E-state index in [2.05, 4.69) is 46.4 Å². The SMILES string of the molecule is CCNC1c2cc(OC)ccc2CC1n1ccc(C)n1. The Labute approximate surface area is 119 Å². The van der Waals surface area contributed by atoms with Gasteiger partial charge in [0.2, 0.25) is 0 Å². The van der Waals surface area contributed by atoms with Gasteiger partial charge in [-0.3, -0.25) is 4.68 Å². The van der Waals surface area contributed by atoms with Crippen LogP contribution in [-0.2, 0) is 6.42 Å². The zero-order chi connectivity index (χ0) is 14.1. The normalized spacial score (nSPS) is 20.9. The first-order chi connectivity index (χ1) is 9.72. The molecule has 2 unspecified atom stereocenters. The van der Waals surface area contributed by atoms with Crippen LogP contribution in [0, 0.1) is 6.92 Å². The van der Waals surface area contributed by atoms with Crippen molar-refractivity contribution in [2.24, 2.45) is 0 Å². The fourth-order valence-corrected chi connectivity index (χ4v) is 3.06. The molecule has 0 aliphatic heterocycles. The molecule has 0 bridgehead atoms. The van der Waals surface area contributed by atoms with Crippen molar-refractivity contribution in [1.29, 1.82) is 0 Å². The molecule has 3 rings (SSSR count). The van der Waals surface area contributed by atoms with Crippen molar-refractivity contribution in [3.63, 3.8) is 0 Å². The van der Waals surface area contributed by atoms with Gasteiger partial charge in [0.15, 0.2) is 0 Å². The molecule has 0 spiro atoms. The van der Waals surface area contributed by atoms with Crippen LogP contribution in [0.15, 0.2) is 30.5 Å². The smallest absolute Gasteiger partial charge is 0.119 e. The fourth-order valence-electron chi connectivity index (χ4n) is 3.06. The van der Waals surface area contributed by atoms with Gasteiger partial charge in [0, 0.05) is 6.20 Å². The van der Waals surface area contributed by atoms with Crippen LogP contribution in [0.4, 0.5) is 0 Å². The van der Waals surface area contributed by atoms with E-state index in [1.165, 1.54) is 11.1 Å². The molecule has 1 heterocycles. The van der Waals surface area contributed by atoms with Crippen molar-refractivity contribution in [3.05, 3.63) is 47.3 Å². The number of rotatable bonds is 4. The quantitative estimate of drug-likeness (QED) is 0.929. The van der Waals surface area contributed by atoms with Crippen LogP contribution < -0.4 is 10.1 Å². The number of likely N-dealkylation sites (N-methyl/N-ethyl adjacent to an activating group) is 1. The zero-order valence-electron chi connectivity index (χ0n) is 12.3. The molecule has 4 nitrogen and oxygen atoms in total. The van der Waals surface area contributed by atoms with Crippen molar-refractivity contribution in [2.75, 3.05) is 13.7 Å². The minimum absolute atomic E-state index is 0.296. The first-order valence-electron chi connectivity index (χ1n) is 7.15. The van der Waals surface area contributed by atoms with E-state index in [1.54, 1.807) is 7.11 Å². The first-order valence-corrected chi connectivity index (χ1v) is 7.15. The van der Waals surface area contributed by atoms with E-state index < -0.39 is 0 Å². The number of fused-ring (bicyclic) bond motifs is 1. The van der Waals surface area contributed by atoms with E-state index in [1.807, 2.05) is 13.0 Å². The van der Waals surface area contributed by atoms with Crippen LogP contribution in [0.2, 0.25) is 0 Å². The van der Waals surface area contributed by atoms with Crippen LogP contribution in [0.25, 0.3) is 0 Å². The maximum Gasteiger partial charge on any atom is 0.119 e. The third-order valence-corrected chi connectivity index (χ3v) is 4.01. The van der Waals surface area contributed by atoms with Crippen molar-refractivity contribution in [2.45, 2.75) is 32.4 Å². The molecule has 2 aromatic rings. The topological polar surface area (TPSA) is 39.1 Å². The van der Waals surface area contributed by atoms with Crippen LogP contribution in [0.1, 0.15) is 35.8 Å². The van der Waals surface area contributed by atoms with Crippen LogP contribution >= 0.6 is 0 Å². The zero-order valence-corrected chi connectivity index (χ0v) is 12.3. The molecule has 0 radical (unpaired) electrons. The molecule has 0 fully saturated rings. The van der Waals surface area contributed by atoms with E-state index in [9.17, 15) is 0 Å². The largest absolute Gasteiger partial charge is 0.497 e. The Morgan fingerprint density at radius 3 is 2.90 bits per heavy atom. The number of nitrogens with zero attached hydrogens (tertiary/aromatic N) is 2. The summed E-state index contributed by atoms with van der Waals surface area (Å²) in [6.07, 6.45) is 3.09. The maximum absolute atomic E-state index is 5.36.